The second-order valence-corrected chi connectivity index (χ2v) is 5.98. The molecule has 1 atom stereocenters. The smallest absolute Gasteiger partial charge is 0.115 e. The van der Waals surface area contributed by atoms with Crippen molar-refractivity contribution in [3.63, 3.8) is 0 Å². The van der Waals surface area contributed by atoms with Crippen molar-refractivity contribution in [2.45, 2.75) is 77.7 Å². The predicted molar refractivity (Wildman–Crippen MR) is 91.8 cm³/mol. The van der Waals surface area contributed by atoms with Crippen LogP contribution in [0.15, 0.2) is 24.3 Å². The number of phenols is 1. The van der Waals surface area contributed by atoms with E-state index in [1.165, 1.54) is 56.9 Å². The van der Waals surface area contributed by atoms with E-state index in [0.29, 0.717) is 11.8 Å². The zero-order valence-corrected chi connectivity index (χ0v) is 13.9. The molecular formula is C19H33NO. The Balaban J connectivity index is 2.08. The molecule has 21 heavy (non-hydrogen) atoms. The first-order valence-electron chi connectivity index (χ1n) is 8.80. The average Bonchev–Trinajstić information content (AvgIpc) is 2.51. The van der Waals surface area contributed by atoms with Gasteiger partial charge in [-0.1, -0.05) is 70.9 Å². The second kappa shape index (κ2) is 11.6. The van der Waals surface area contributed by atoms with E-state index in [4.69, 9.17) is 0 Å². The van der Waals surface area contributed by atoms with Gasteiger partial charge >= 0.3 is 0 Å². The minimum atomic E-state index is 0.344. The molecular weight excluding hydrogens is 258 g/mol. The molecule has 0 aliphatic heterocycles. The van der Waals surface area contributed by atoms with Crippen molar-refractivity contribution >= 4 is 0 Å². The van der Waals surface area contributed by atoms with E-state index >= 15 is 0 Å². The summed E-state index contributed by atoms with van der Waals surface area (Å²) in [6, 6.07) is 8.00. The first-order valence-corrected chi connectivity index (χ1v) is 8.80. The Hall–Kier alpha value is -1.02. The van der Waals surface area contributed by atoms with E-state index in [9.17, 15) is 5.11 Å². The summed E-state index contributed by atoms with van der Waals surface area (Å²) in [5, 5.41) is 13.0. The van der Waals surface area contributed by atoms with Gasteiger partial charge in [0.2, 0.25) is 0 Å². The highest BCUT2D eigenvalue weighted by Crippen LogP contribution is 2.19. The van der Waals surface area contributed by atoms with E-state index in [-0.39, 0.29) is 0 Å². The van der Waals surface area contributed by atoms with Gasteiger partial charge < -0.3 is 10.4 Å². The fraction of sp³-hybridized carbons (Fsp3) is 0.684. The molecule has 0 spiro atoms. The van der Waals surface area contributed by atoms with Gasteiger partial charge in [-0.2, -0.15) is 0 Å². The van der Waals surface area contributed by atoms with Crippen LogP contribution in [0.5, 0.6) is 5.75 Å². The Morgan fingerprint density at radius 2 is 1.43 bits per heavy atom. The van der Waals surface area contributed by atoms with Crippen molar-refractivity contribution in [1.29, 1.82) is 0 Å². The first-order chi connectivity index (χ1) is 10.3. The third-order valence-electron chi connectivity index (χ3n) is 4.12. The van der Waals surface area contributed by atoms with Crippen molar-refractivity contribution in [2.75, 3.05) is 6.54 Å². The lowest BCUT2D eigenvalue weighted by molar-refractivity contribution is 0.471. The van der Waals surface area contributed by atoms with Gasteiger partial charge in [0.15, 0.2) is 0 Å². The van der Waals surface area contributed by atoms with Crippen LogP contribution in [0.2, 0.25) is 0 Å². The topological polar surface area (TPSA) is 32.3 Å². The molecule has 0 radical (unpaired) electrons. The Kier molecular flexibility index (Phi) is 9.98. The molecule has 1 aromatic rings. The van der Waals surface area contributed by atoms with Crippen molar-refractivity contribution in [3.05, 3.63) is 29.8 Å². The summed E-state index contributed by atoms with van der Waals surface area (Å²) in [7, 11) is 0. The minimum Gasteiger partial charge on any atom is -0.508 e. The molecule has 1 rings (SSSR count). The van der Waals surface area contributed by atoms with Crippen LogP contribution in [0.25, 0.3) is 0 Å². The molecule has 0 aromatic heterocycles. The van der Waals surface area contributed by atoms with E-state index in [1.54, 1.807) is 12.1 Å². The normalized spacial score (nSPS) is 12.5. The lowest BCUT2D eigenvalue weighted by Gasteiger charge is -2.17. The molecule has 0 amide bonds. The maximum atomic E-state index is 9.34. The number of hydrogen-bond donors (Lipinski definition) is 2. The van der Waals surface area contributed by atoms with Crippen LogP contribution in [0.3, 0.4) is 0 Å². The monoisotopic (exact) mass is 291 g/mol. The highest BCUT2D eigenvalue weighted by molar-refractivity contribution is 5.27. The van der Waals surface area contributed by atoms with Gasteiger partial charge in [0, 0.05) is 6.04 Å². The van der Waals surface area contributed by atoms with Crippen LogP contribution in [0.1, 0.15) is 83.2 Å². The van der Waals surface area contributed by atoms with Crippen molar-refractivity contribution in [1.82, 2.24) is 5.32 Å². The largest absolute Gasteiger partial charge is 0.508 e. The standard InChI is InChI=1S/C19H33NO/c1-3-5-6-7-8-9-10-11-16-20-19(4-2)17-12-14-18(21)15-13-17/h12-15,19-21H,3-11,16H2,1-2H3. The van der Waals surface area contributed by atoms with Gasteiger partial charge in [-0.05, 0) is 37.1 Å². The number of nitrogens with one attached hydrogen (secondary N) is 1. The summed E-state index contributed by atoms with van der Waals surface area (Å²) in [6.45, 7) is 5.57. The predicted octanol–water partition coefficient (Wildman–Crippen LogP) is 5.57. The molecule has 0 aliphatic rings. The number of rotatable bonds is 12. The molecule has 0 aliphatic carbocycles. The van der Waals surface area contributed by atoms with E-state index < -0.39 is 0 Å². The van der Waals surface area contributed by atoms with Gasteiger partial charge in [0.25, 0.3) is 0 Å². The zero-order valence-electron chi connectivity index (χ0n) is 13.9. The van der Waals surface area contributed by atoms with E-state index in [1.807, 2.05) is 12.1 Å². The Labute approximate surface area is 131 Å². The zero-order chi connectivity index (χ0) is 15.3. The molecule has 0 heterocycles. The maximum Gasteiger partial charge on any atom is 0.115 e. The molecule has 2 nitrogen and oxygen atoms in total. The summed E-state index contributed by atoms with van der Waals surface area (Å²) in [5.41, 5.74) is 1.27. The summed E-state index contributed by atoms with van der Waals surface area (Å²) >= 11 is 0. The van der Waals surface area contributed by atoms with Gasteiger partial charge in [-0.3, -0.25) is 0 Å². The Morgan fingerprint density at radius 1 is 0.857 bits per heavy atom. The average molecular weight is 291 g/mol. The fourth-order valence-corrected chi connectivity index (χ4v) is 2.74. The molecule has 0 saturated carbocycles. The van der Waals surface area contributed by atoms with E-state index in [0.717, 1.165) is 13.0 Å². The number of unbranched alkanes of at least 4 members (excludes halogenated alkanes) is 7. The molecule has 2 heteroatoms. The third-order valence-corrected chi connectivity index (χ3v) is 4.12. The summed E-state index contributed by atoms with van der Waals surface area (Å²) in [6.07, 6.45) is 12.0. The summed E-state index contributed by atoms with van der Waals surface area (Å²) < 4.78 is 0. The Morgan fingerprint density at radius 3 is 2.00 bits per heavy atom. The maximum absolute atomic E-state index is 9.34. The van der Waals surface area contributed by atoms with Gasteiger partial charge in [0.1, 0.15) is 5.75 Å². The van der Waals surface area contributed by atoms with Crippen LogP contribution in [-0.2, 0) is 0 Å². The number of phenolic OH excluding ortho intramolecular Hbond substituents is 1. The van der Waals surface area contributed by atoms with Gasteiger partial charge in [0.05, 0.1) is 0 Å². The number of benzene rings is 1. The molecule has 0 fully saturated rings. The van der Waals surface area contributed by atoms with E-state index in [2.05, 4.69) is 19.2 Å². The SMILES string of the molecule is CCCCCCCCCCNC(CC)c1ccc(O)cc1. The third kappa shape index (κ3) is 8.11. The molecule has 0 saturated heterocycles. The van der Waals surface area contributed by atoms with Crippen LogP contribution in [0, 0.1) is 0 Å². The molecule has 0 bridgehead atoms. The fourth-order valence-electron chi connectivity index (χ4n) is 2.74. The van der Waals surface area contributed by atoms with Gasteiger partial charge in [-0.15, -0.1) is 0 Å². The quantitative estimate of drug-likeness (QED) is 0.493. The molecule has 120 valence electrons. The highest BCUT2D eigenvalue weighted by atomic mass is 16.3. The van der Waals surface area contributed by atoms with Crippen LogP contribution < -0.4 is 5.32 Å². The number of hydrogen-bond acceptors (Lipinski definition) is 2. The Bertz CT molecular complexity index is 347. The van der Waals surface area contributed by atoms with Crippen LogP contribution >= 0.6 is 0 Å². The first kappa shape index (κ1) is 18.0. The molecule has 1 unspecified atom stereocenters. The highest BCUT2D eigenvalue weighted by Gasteiger charge is 2.07. The van der Waals surface area contributed by atoms with Crippen LogP contribution in [-0.4, -0.2) is 11.7 Å². The molecule has 2 N–H and O–H groups in total. The minimum absolute atomic E-state index is 0.344. The van der Waals surface area contributed by atoms with Crippen molar-refractivity contribution in [2.24, 2.45) is 0 Å². The lowest BCUT2D eigenvalue weighted by atomic mass is 10.0. The summed E-state index contributed by atoms with van der Waals surface area (Å²) in [4.78, 5) is 0. The summed E-state index contributed by atoms with van der Waals surface area (Å²) in [5.74, 6) is 0.344. The lowest BCUT2D eigenvalue weighted by Crippen LogP contribution is -2.21. The number of aromatic hydroxyl groups is 1. The van der Waals surface area contributed by atoms with Crippen molar-refractivity contribution < 1.29 is 5.11 Å². The van der Waals surface area contributed by atoms with Crippen LogP contribution in [0.4, 0.5) is 0 Å². The van der Waals surface area contributed by atoms with Crippen molar-refractivity contribution in [3.8, 4) is 5.75 Å². The van der Waals surface area contributed by atoms with Gasteiger partial charge in [-0.25, -0.2) is 0 Å². The molecule has 1 aromatic carbocycles. The second-order valence-electron chi connectivity index (χ2n) is 5.98.